The number of rotatable bonds is 7. The molecule has 1 aromatic carbocycles. The van der Waals surface area contributed by atoms with Gasteiger partial charge in [0, 0.05) is 6.20 Å². The lowest BCUT2D eigenvalue weighted by molar-refractivity contribution is -0.115. The number of nitrogens with one attached hydrogen (secondary N) is 2. The summed E-state index contributed by atoms with van der Waals surface area (Å²) in [6.45, 7) is 0.361. The fourth-order valence-electron chi connectivity index (χ4n) is 2.02. The van der Waals surface area contributed by atoms with Gasteiger partial charge in [0.2, 0.25) is 5.91 Å². The van der Waals surface area contributed by atoms with E-state index in [1.165, 1.54) is 0 Å². The van der Waals surface area contributed by atoms with Gasteiger partial charge in [-0.15, -0.1) is 24.0 Å². The maximum atomic E-state index is 11.8. The molecule has 140 valence electrons. The number of nitrogens with two attached hydrogens (primary N) is 1. The second kappa shape index (κ2) is 11.1. The van der Waals surface area contributed by atoms with Crippen LogP contribution >= 0.6 is 24.0 Å². The predicted molar refractivity (Wildman–Crippen MR) is 111 cm³/mol. The molecule has 0 saturated carbocycles. The summed E-state index contributed by atoms with van der Waals surface area (Å²) in [5.41, 5.74) is 7.31. The molecular formula is C17H22IN5O3. The van der Waals surface area contributed by atoms with Crippen LogP contribution in [0.3, 0.4) is 0 Å². The van der Waals surface area contributed by atoms with E-state index < -0.39 is 0 Å². The van der Waals surface area contributed by atoms with E-state index in [9.17, 15) is 4.79 Å². The largest absolute Gasteiger partial charge is 0.493 e. The van der Waals surface area contributed by atoms with Gasteiger partial charge in [0.1, 0.15) is 0 Å². The third kappa shape index (κ3) is 6.75. The van der Waals surface area contributed by atoms with E-state index in [1.807, 2.05) is 12.1 Å². The van der Waals surface area contributed by atoms with Crippen molar-refractivity contribution in [3.8, 4) is 11.5 Å². The van der Waals surface area contributed by atoms with E-state index in [4.69, 9.17) is 15.2 Å². The molecule has 0 aliphatic heterocycles. The number of benzene rings is 1. The zero-order valence-corrected chi connectivity index (χ0v) is 16.9. The number of amides is 1. The first-order valence-electron chi connectivity index (χ1n) is 7.57. The Kier molecular flexibility index (Phi) is 9.20. The number of ether oxygens (including phenoxy) is 2. The van der Waals surface area contributed by atoms with Crippen LogP contribution in [0, 0.1) is 0 Å². The molecule has 0 radical (unpaired) electrons. The molecule has 26 heavy (non-hydrogen) atoms. The lowest BCUT2D eigenvalue weighted by Crippen LogP contribution is -2.37. The third-order valence-corrected chi connectivity index (χ3v) is 3.26. The maximum Gasteiger partial charge on any atom is 0.243 e. The van der Waals surface area contributed by atoms with Gasteiger partial charge in [-0.1, -0.05) is 6.07 Å². The Morgan fingerprint density at radius 1 is 1.23 bits per heavy atom. The molecule has 0 aliphatic carbocycles. The molecule has 0 atom stereocenters. The summed E-state index contributed by atoms with van der Waals surface area (Å²) >= 11 is 0. The molecule has 0 aliphatic rings. The predicted octanol–water partition coefficient (Wildman–Crippen LogP) is 1.76. The van der Waals surface area contributed by atoms with Crippen molar-refractivity contribution in [2.75, 3.05) is 26.1 Å². The zero-order chi connectivity index (χ0) is 18.1. The Balaban J connectivity index is 0.00000338. The Bertz CT molecular complexity index is 740. The fourth-order valence-corrected chi connectivity index (χ4v) is 2.02. The van der Waals surface area contributed by atoms with Crippen LogP contribution in [-0.2, 0) is 11.3 Å². The summed E-state index contributed by atoms with van der Waals surface area (Å²) in [4.78, 5) is 19.9. The van der Waals surface area contributed by atoms with Crippen LogP contribution in [0.5, 0.6) is 11.5 Å². The van der Waals surface area contributed by atoms with Crippen LogP contribution in [0.1, 0.15) is 5.56 Å². The highest BCUT2D eigenvalue weighted by molar-refractivity contribution is 14.0. The van der Waals surface area contributed by atoms with E-state index in [0.29, 0.717) is 23.7 Å². The SMILES string of the molecule is COc1ccc(CN=C(N)NCC(=O)Nc2cccnc2)cc1OC.I. The Labute approximate surface area is 169 Å². The first-order chi connectivity index (χ1) is 12.1. The molecule has 2 rings (SSSR count). The average molecular weight is 471 g/mol. The normalized spacial score (nSPS) is 10.5. The molecule has 9 heteroatoms. The molecular weight excluding hydrogens is 449 g/mol. The molecule has 2 aromatic rings. The smallest absolute Gasteiger partial charge is 0.243 e. The minimum atomic E-state index is -0.239. The van der Waals surface area contributed by atoms with Crippen LogP contribution in [0.25, 0.3) is 0 Å². The van der Waals surface area contributed by atoms with E-state index in [2.05, 4.69) is 20.6 Å². The summed E-state index contributed by atoms with van der Waals surface area (Å²) in [6, 6.07) is 8.98. The number of guanidine groups is 1. The number of aromatic nitrogens is 1. The highest BCUT2D eigenvalue weighted by Crippen LogP contribution is 2.27. The summed E-state index contributed by atoms with van der Waals surface area (Å²) < 4.78 is 10.4. The summed E-state index contributed by atoms with van der Waals surface area (Å²) in [7, 11) is 3.15. The minimum absolute atomic E-state index is 0. The lowest BCUT2D eigenvalue weighted by atomic mass is 10.2. The van der Waals surface area contributed by atoms with Gasteiger partial charge in [0.25, 0.3) is 0 Å². The van der Waals surface area contributed by atoms with Crippen molar-refractivity contribution in [2.24, 2.45) is 10.7 Å². The van der Waals surface area contributed by atoms with Gasteiger partial charge in [0.05, 0.1) is 39.2 Å². The van der Waals surface area contributed by atoms with E-state index in [0.717, 1.165) is 5.56 Å². The van der Waals surface area contributed by atoms with Crippen LogP contribution < -0.4 is 25.8 Å². The number of carbonyl (C=O) groups excluding carboxylic acids is 1. The van der Waals surface area contributed by atoms with Crippen LogP contribution in [-0.4, -0.2) is 37.6 Å². The van der Waals surface area contributed by atoms with Gasteiger partial charge in [-0.25, -0.2) is 4.99 Å². The molecule has 4 N–H and O–H groups in total. The van der Waals surface area contributed by atoms with E-state index in [1.54, 1.807) is 44.8 Å². The van der Waals surface area contributed by atoms with Gasteiger partial charge in [-0.3, -0.25) is 9.78 Å². The highest BCUT2D eigenvalue weighted by atomic mass is 127. The van der Waals surface area contributed by atoms with Crippen LogP contribution in [0.2, 0.25) is 0 Å². The topological polar surface area (TPSA) is 111 Å². The number of anilines is 1. The van der Waals surface area contributed by atoms with E-state index >= 15 is 0 Å². The molecule has 0 bridgehead atoms. The van der Waals surface area contributed by atoms with Crippen molar-refractivity contribution in [1.29, 1.82) is 0 Å². The van der Waals surface area contributed by atoms with Crippen molar-refractivity contribution in [3.63, 3.8) is 0 Å². The molecule has 1 amide bonds. The Morgan fingerprint density at radius 2 is 2.00 bits per heavy atom. The number of aliphatic imine (C=N–C) groups is 1. The maximum absolute atomic E-state index is 11.8. The summed E-state index contributed by atoms with van der Waals surface area (Å²) in [6.07, 6.45) is 3.19. The van der Waals surface area contributed by atoms with Gasteiger partial charge in [-0.2, -0.15) is 0 Å². The van der Waals surface area contributed by atoms with Gasteiger partial charge >= 0.3 is 0 Å². The number of nitrogens with zero attached hydrogens (tertiary/aromatic N) is 2. The molecule has 1 heterocycles. The number of halogens is 1. The van der Waals surface area contributed by atoms with Crippen molar-refractivity contribution < 1.29 is 14.3 Å². The molecule has 0 fully saturated rings. The van der Waals surface area contributed by atoms with Crippen molar-refractivity contribution in [3.05, 3.63) is 48.3 Å². The monoisotopic (exact) mass is 471 g/mol. The number of hydrogen-bond acceptors (Lipinski definition) is 5. The highest BCUT2D eigenvalue weighted by Gasteiger charge is 2.05. The van der Waals surface area contributed by atoms with Crippen LogP contribution in [0.15, 0.2) is 47.7 Å². The third-order valence-electron chi connectivity index (χ3n) is 3.26. The second-order valence-electron chi connectivity index (χ2n) is 5.03. The van der Waals surface area contributed by atoms with Crippen molar-refractivity contribution in [2.45, 2.75) is 6.54 Å². The van der Waals surface area contributed by atoms with Crippen LogP contribution in [0.4, 0.5) is 5.69 Å². The molecule has 8 nitrogen and oxygen atoms in total. The first kappa shape index (κ1) is 21.5. The summed E-state index contributed by atoms with van der Waals surface area (Å²) in [5.74, 6) is 1.21. The number of carbonyl (C=O) groups is 1. The minimum Gasteiger partial charge on any atom is -0.493 e. The van der Waals surface area contributed by atoms with Gasteiger partial charge in [0.15, 0.2) is 17.5 Å². The quantitative estimate of drug-likeness (QED) is 0.323. The summed E-state index contributed by atoms with van der Waals surface area (Å²) in [5, 5.41) is 5.46. The Hall–Kier alpha value is -2.56. The molecule has 0 saturated heterocycles. The molecule has 0 unspecified atom stereocenters. The first-order valence-corrected chi connectivity index (χ1v) is 7.57. The van der Waals surface area contributed by atoms with Crippen molar-refractivity contribution in [1.82, 2.24) is 10.3 Å². The zero-order valence-electron chi connectivity index (χ0n) is 14.6. The van der Waals surface area contributed by atoms with E-state index in [-0.39, 0.29) is 42.4 Å². The second-order valence-corrected chi connectivity index (χ2v) is 5.03. The Morgan fingerprint density at radius 3 is 2.65 bits per heavy atom. The van der Waals surface area contributed by atoms with Crippen molar-refractivity contribution >= 4 is 41.5 Å². The molecule has 0 spiro atoms. The number of methoxy groups -OCH3 is 2. The van der Waals surface area contributed by atoms with Gasteiger partial charge in [-0.05, 0) is 29.8 Å². The molecule has 1 aromatic heterocycles. The number of hydrogen-bond donors (Lipinski definition) is 3. The van der Waals surface area contributed by atoms with Gasteiger partial charge < -0.3 is 25.8 Å². The average Bonchev–Trinajstić information content (AvgIpc) is 2.65. The number of pyridine rings is 1. The fraction of sp³-hybridized carbons (Fsp3) is 0.235. The lowest BCUT2D eigenvalue weighted by Gasteiger charge is -2.09. The standard InChI is InChI=1S/C17H21N5O3.HI/c1-24-14-6-5-12(8-15(14)25-2)9-20-17(18)21-11-16(23)22-13-4-3-7-19-10-13;/h3-8,10H,9,11H2,1-2H3,(H,22,23)(H3,18,20,21);1H.